The molecule has 0 radical (unpaired) electrons. The van der Waals surface area contributed by atoms with Gasteiger partial charge in [0.1, 0.15) is 0 Å². The summed E-state index contributed by atoms with van der Waals surface area (Å²) in [6.07, 6.45) is 6.38. The molecule has 1 aliphatic carbocycles. The molecule has 4 nitrogen and oxygen atoms in total. The molecule has 3 N–H and O–H groups in total. The van der Waals surface area contributed by atoms with E-state index < -0.39 is 0 Å². The van der Waals surface area contributed by atoms with E-state index in [9.17, 15) is 4.79 Å². The second-order valence-corrected chi connectivity index (χ2v) is 7.49. The van der Waals surface area contributed by atoms with Gasteiger partial charge in [-0.05, 0) is 63.7 Å². The minimum Gasteiger partial charge on any atom is -0.351 e. The first kappa shape index (κ1) is 16.3. The number of carbonyl (C=O) groups excluding carboxylic acids is 1. The SMILES string of the molecule is NC(=O)N1CCCNCC1c1ccc2c(ccc3c4c(ccc32)C=CC4)c1. The van der Waals surface area contributed by atoms with E-state index in [0.29, 0.717) is 6.54 Å². The van der Waals surface area contributed by atoms with E-state index in [1.54, 1.807) is 4.90 Å². The molecule has 1 heterocycles. The van der Waals surface area contributed by atoms with Crippen LogP contribution in [0, 0.1) is 0 Å². The van der Waals surface area contributed by atoms with Crippen molar-refractivity contribution in [3.05, 3.63) is 65.2 Å². The summed E-state index contributed by atoms with van der Waals surface area (Å²) in [5, 5.41) is 8.54. The van der Waals surface area contributed by atoms with Crippen LogP contribution in [0.2, 0.25) is 0 Å². The third-order valence-electron chi connectivity index (χ3n) is 5.94. The van der Waals surface area contributed by atoms with Gasteiger partial charge < -0.3 is 16.0 Å². The van der Waals surface area contributed by atoms with E-state index in [2.05, 4.69) is 59.9 Å². The molecule has 0 bridgehead atoms. The van der Waals surface area contributed by atoms with Crippen molar-refractivity contribution >= 4 is 33.7 Å². The fraction of sp³-hybridized carbons (Fsp3) is 0.261. The molecule has 136 valence electrons. The molecule has 1 unspecified atom stereocenters. The van der Waals surface area contributed by atoms with Crippen molar-refractivity contribution in [2.45, 2.75) is 18.9 Å². The molecule has 3 aromatic rings. The standard InChI is InChI=1S/C23H23N3O/c24-23(27)26-12-2-11-25-14-22(26)17-7-8-19-16(13-17)6-10-20-18-4-1-3-15(18)5-9-21(19)20/h1,3,5-10,13,22,25H,2,4,11-12,14H2,(H2,24,27). The molecule has 0 saturated carbocycles. The normalized spacial score (nSPS) is 19.4. The highest BCUT2D eigenvalue weighted by Crippen LogP contribution is 2.34. The minimum absolute atomic E-state index is 0.0192. The summed E-state index contributed by atoms with van der Waals surface area (Å²) in [5.41, 5.74) is 9.55. The summed E-state index contributed by atoms with van der Waals surface area (Å²) in [5.74, 6) is 0. The van der Waals surface area contributed by atoms with Crippen LogP contribution in [-0.2, 0) is 6.42 Å². The van der Waals surface area contributed by atoms with E-state index in [1.807, 2.05) is 0 Å². The maximum Gasteiger partial charge on any atom is 0.315 e. The maximum absolute atomic E-state index is 12.0. The Labute approximate surface area is 158 Å². The lowest BCUT2D eigenvalue weighted by Crippen LogP contribution is -2.40. The zero-order chi connectivity index (χ0) is 18.4. The summed E-state index contributed by atoms with van der Waals surface area (Å²) >= 11 is 0. The molecular formula is C23H23N3O. The molecule has 1 atom stereocenters. The number of amides is 2. The molecule has 2 amide bonds. The summed E-state index contributed by atoms with van der Waals surface area (Å²) in [4.78, 5) is 13.7. The lowest BCUT2D eigenvalue weighted by atomic mass is 9.93. The smallest absolute Gasteiger partial charge is 0.315 e. The van der Waals surface area contributed by atoms with Crippen LogP contribution in [-0.4, -0.2) is 30.6 Å². The van der Waals surface area contributed by atoms with Gasteiger partial charge in [0, 0.05) is 13.1 Å². The maximum atomic E-state index is 12.0. The number of carbonyl (C=O) groups is 1. The second-order valence-electron chi connectivity index (χ2n) is 7.49. The van der Waals surface area contributed by atoms with Crippen molar-refractivity contribution in [1.29, 1.82) is 0 Å². The lowest BCUT2D eigenvalue weighted by molar-refractivity contribution is 0.189. The number of hydrogen-bond donors (Lipinski definition) is 2. The number of nitrogens with one attached hydrogen (secondary N) is 1. The number of primary amides is 1. The minimum atomic E-state index is -0.342. The van der Waals surface area contributed by atoms with Crippen LogP contribution >= 0.6 is 0 Å². The molecule has 27 heavy (non-hydrogen) atoms. The monoisotopic (exact) mass is 357 g/mol. The molecule has 4 heteroatoms. The fourth-order valence-electron chi connectivity index (χ4n) is 4.58. The number of hydrogen-bond acceptors (Lipinski definition) is 2. The van der Waals surface area contributed by atoms with E-state index in [1.165, 1.54) is 32.7 Å². The average molecular weight is 357 g/mol. The summed E-state index contributed by atoms with van der Waals surface area (Å²) in [6.45, 7) is 2.35. The molecule has 1 fully saturated rings. The van der Waals surface area contributed by atoms with Crippen molar-refractivity contribution in [1.82, 2.24) is 10.2 Å². The van der Waals surface area contributed by atoms with Gasteiger partial charge in [0.05, 0.1) is 6.04 Å². The van der Waals surface area contributed by atoms with Crippen LogP contribution in [0.3, 0.4) is 0 Å². The molecule has 0 spiro atoms. The van der Waals surface area contributed by atoms with E-state index in [4.69, 9.17) is 5.73 Å². The number of nitrogens with zero attached hydrogens (tertiary/aromatic N) is 1. The fourth-order valence-corrected chi connectivity index (χ4v) is 4.58. The van der Waals surface area contributed by atoms with Gasteiger partial charge >= 0.3 is 6.03 Å². The van der Waals surface area contributed by atoms with Gasteiger partial charge in [-0.1, -0.05) is 48.6 Å². The Morgan fingerprint density at radius 1 is 1.07 bits per heavy atom. The van der Waals surface area contributed by atoms with Crippen molar-refractivity contribution in [2.24, 2.45) is 5.73 Å². The first-order chi connectivity index (χ1) is 13.2. The molecule has 3 aromatic carbocycles. The predicted octanol–water partition coefficient (Wildman–Crippen LogP) is 3.98. The number of urea groups is 1. The number of allylic oxidation sites excluding steroid dienone is 1. The van der Waals surface area contributed by atoms with Gasteiger partial charge in [0.25, 0.3) is 0 Å². The Morgan fingerprint density at radius 3 is 2.81 bits per heavy atom. The highest BCUT2D eigenvalue weighted by Gasteiger charge is 2.25. The van der Waals surface area contributed by atoms with Gasteiger partial charge in [-0.25, -0.2) is 4.79 Å². The molecule has 5 rings (SSSR count). The predicted molar refractivity (Wildman–Crippen MR) is 111 cm³/mol. The van der Waals surface area contributed by atoms with Crippen molar-refractivity contribution in [2.75, 3.05) is 19.6 Å². The van der Waals surface area contributed by atoms with Gasteiger partial charge in [-0.3, -0.25) is 0 Å². The van der Waals surface area contributed by atoms with Crippen molar-refractivity contribution < 1.29 is 4.79 Å². The highest BCUT2D eigenvalue weighted by molar-refractivity contribution is 6.09. The van der Waals surface area contributed by atoms with Crippen LogP contribution in [0.1, 0.15) is 29.2 Å². The van der Waals surface area contributed by atoms with E-state index in [0.717, 1.165) is 31.5 Å². The Bertz CT molecular complexity index is 1090. The second kappa shape index (κ2) is 6.39. The van der Waals surface area contributed by atoms with Gasteiger partial charge in [0.2, 0.25) is 0 Å². The van der Waals surface area contributed by atoms with Gasteiger partial charge in [-0.2, -0.15) is 0 Å². The molecule has 1 saturated heterocycles. The van der Waals surface area contributed by atoms with Crippen LogP contribution < -0.4 is 11.1 Å². The summed E-state index contributed by atoms with van der Waals surface area (Å²) in [6, 6.07) is 15.1. The highest BCUT2D eigenvalue weighted by atomic mass is 16.2. The third kappa shape index (κ3) is 2.68. The third-order valence-corrected chi connectivity index (χ3v) is 5.94. The number of nitrogens with two attached hydrogens (primary N) is 1. The Morgan fingerprint density at radius 2 is 1.93 bits per heavy atom. The Balaban J connectivity index is 1.62. The first-order valence-corrected chi connectivity index (χ1v) is 9.64. The first-order valence-electron chi connectivity index (χ1n) is 9.64. The van der Waals surface area contributed by atoms with E-state index >= 15 is 0 Å². The number of rotatable bonds is 1. The van der Waals surface area contributed by atoms with Crippen LogP contribution in [0.25, 0.3) is 27.6 Å². The van der Waals surface area contributed by atoms with E-state index in [-0.39, 0.29) is 12.1 Å². The molecule has 1 aliphatic heterocycles. The van der Waals surface area contributed by atoms with Gasteiger partial charge in [0.15, 0.2) is 0 Å². The van der Waals surface area contributed by atoms with Crippen LogP contribution in [0.4, 0.5) is 4.79 Å². The Hall–Kier alpha value is -2.85. The largest absolute Gasteiger partial charge is 0.351 e. The van der Waals surface area contributed by atoms with Crippen molar-refractivity contribution in [3.8, 4) is 0 Å². The van der Waals surface area contributed by atoms with Gasteiger partial charge in [-0.15, -0.1) is 0 Å². The molecule has 0 aromatic heterocycles. The average Bonchev–Trinajstić information content (AvgIpc) is 3.03. The van der Waals surface area contributed by atoms with Crippen molar-refractivity contribution in [3.63, 3.8) is 0 Å². The topological polar surface area (TPSA) is 58.4 Å². The lowest BCUT2D eigenvalue weighted by Gasteiger charge is -2.28. The summed E-state index contributed by atoms with van der Waals surface area (Å²) in [7, 11) is 0. The zero-order valence-electron chi connectivity index (χ0n) is 15.2. The molecule has 2 aliphatic rings. The van der Waals surface area contributed by atoms with Crippen LogP contribution in [0.15, 0.2) is 48.5 Å². The molecular weight excluding hydrogens is 334 g/mol. The number of fused-ring (bicyclic) bond motifs is 5. The number of benzene rings is 3. The Kier molecular flexibility index (Phi) is 3.87. The quantitative estimate of drug-likeness (QED) is 0.647. The summed E-state index contributed by atoms with van der Waals surface area (Å²) < 4.78 is 0. The zero-order valence-corrected chi connectivity index (χ0v) is 15.2. The van der Waals surface area contributed by atoms with Crippen LogP contribution in [0.5, 0.6) is 0 Å².